The van der Waals surface area contributed by atoms with Crippen LogP contribution < -0.4 is 10.0 Å². The summed E-state index contributed by atoms with van der Waals surface area (Å²) >= 11 is 5.86. The van der Waals surface area contributed by atoms with Gasteiger partial charge in [0.05, 0.1) is 18.1 Å². The van der Waals surface area contributed by atoms with Gasteiger partial charge in [0.2, 0.25) is 15.9 Å². The fourth-order valence-electron chi connectivity index (χ4n) is 3.19. The molecule has 0 unspecified atom stereocenters. The summed E-state index contributed by atoms with van der Waals surface area (Å²) in [5.74, 6) is -0.357. The molecule has 0 saturated carbocycles. The van der Waals surface area contributed by atoms with Gasteiger partial charge in [-0.05, 0) is 36.2 Å². The maximum absolute atomic E-state index is 12.9. The number of amides is 1. The summed E-state index contributed by atoms with van der Waals surface area (Å²) in [6.07, 6.45) is 0.247. The summed E-state index contributed by atoms with van der Waals surface area (Å²) < 4.78 is 33.5. The lowest BCUT2D eigenvalue weighted by molar-refractivity contribution is -0.122. The zero-order valence-electron chi connectivity index (χ0n) is 16.6. The van der Waals surface area contributed by atoms with E-state index in [-0.39, 0.29) is 17.2 Å². The van der Waals surface area contributed by atoms with Crippen LogP contribution in [0.15, 0.2) is 59.5 Å². The van der Waals surface area contributed by atoms with Gasteiger partial charge >= 0.3 is 0 Å². The van der Waals surface area contributed by atoms with Gasteiger partial charge in [0.25, 0.3) is 0 Å². The molecule has 1 fully saturated rings. The summed E-state index contributed by atoms with van der Waals surface area (Å²) in [5, 5.41) is 3.30. The Morgan fingerprint density at radius 1 is 1.07 bits per heavy atom. The van der Waals surface area contributed by atoms with Crippen molar-refractivity contribution < 1.29 is 17.9 Å². The Kier molecular flexibility index (Phi) is 8.24. The van der Waals surface area contributed by atoms with E-state index in [0.717, 1.165) is 18.7 Å². The number of benzene rings is 2. The Labute approximate surface area is 182 Å². The lowest BCUT2D eigenvalue weighted by Gasteiger charge is -2.27. The van der Waals surface area contributed by atoms with Crippen LogP contribution in [0.4, 0.5) is 0 Å². The predicted molar refractivity (Wildman–Crippen MR) is 116 cm³/mol. The van der Waals surface area contributed by atoms with E-state index in [9.17, 15) is 13.2 Å². The molecule has 2 N–H and O–H groups in total. The summed E-state index contributed by atoms with van der Waals surface area (Å²) in [6.45, 7) is 4.15. The van der Waals surface area contributed by atoms with Crippen molar-refractivity contribution in [2.75, 3.05) is 39.4 Å². The number of sulfonamides is 1. The molecule has 0 spiro atoms. The molecular weight excluding hydrogens is 426 g/mol. The molecule has 1 heterocycles. The number of nitrogens with one attached hydrogen (secondary N) is 2. The van der Waals surface area contributed by atoms with Crippen LogP contribution in [0.3, 0.4) is 0 Å². The lowest BCUT2D eigenvalue weighted by atomic mass is 10.1. The van der Waals surface area contributed by atoms with E-state index in [2.05, 4.69) is 14.9 Å². The number of nitrogens with zero attached hydrogens (tertiary/aromatic N) is 1. The molecule has 0 bridgehead atoms. The standard InChI is InChI=1S/C21H26ClN3O4S/c22-18-6-8-19(9-7-18)30(27,28)24-20(16-17-4-2-1-3-5-17)21(26)23-10-11-25-12-14-29-15-13-25/h1-9,20,24H,10-16H2,(H,23,26)/t20-/m0/s1. The van der Waals surface area contributed by atoms with E-state index >= 15 is 0 Å². The molecule has 2 aromatic carbocycles. The second-order valence-corrected chi connectivity index (χ2v) is 9.21. The molecule has 1 aliphatic rings. The second-order valence-electron chi connectivity index (χ2n) is 7.06. The normalized spacial score (nSPS) is 16.2. The van der Waals surface area contributed by atoms with Gasteiger partial charge < -0.3 is 10.1 Å². The van der Waals surface area contributed by atoms with Crippen LogP contribution >= 0.6 is 11.6 Å². The molecule has 2 aromatic rings. The molecule has 1 aliphatic heterocycles. The van der Waals surface area contributed by atoms with E-state index in [1.807, 2.05) is 30.3 Å². The molecule has 9 heteroatoms. The van der Waals surface area contributed by atoms with E-state index < -0.39 is 16.1 Å². The van der Waals surface area contributed by atoms with Crippen molar-refractivity contribution in [3.63, 3.8) is 0 Å². The molecule has 1 amide bonds. The fourth-order valence-corrected chi connectivity index (χ4v) is 4.51. The van der Waals surface area contributed by atoms with Crippen LogP contribution in [-0.2, 0) is 26.0 Å². The number of rotatable bonds is 9. The van der Waals surface area contributed by atoms with Crippen LogP contribution in [0.5, 0.6) is 0 Å². The number of hydrogen-bond donors (Lipinski definition) is 2. The van der Waals surface area contributed by atoms with Crippen molar-refractivity contribution in [3.05, 3.63) is 65.2 Å². The van der Waals surface area contributed by atoms with E-state index in [0.29, 0.717) is 31.3 Å². The number of morpholine rings is 1. The average Bonchev–Trinajstić information content (AvgIpc) is 2.75. The first-order chi connectivity index (χ1) is 14.4. The Bertz CT molecular complexity index is 917. The van der Waals surface area contributed by atoms with Crippen LogP contribution in [0.1, 0.15) is 5.56 Å². The molecular formula is C21H26ClN3O4S. The van der Waals surface area contributed by atoms with Gasteiger partial charge in [-0.3, -0.25) is 9.69 Å². The van der Waals surface area contributed by atoms with Gasteiger partial charge in [0.15, 0.2) is 0 Å². The number of carbonyl (C=O) groups excluding carboxylic acids is 1. The summed E-state index contributed by atoms with van der Waals surface area (Å²) in [5.41, 5.74) is 0.865. The summed E-state index contributed by atoms with van der Waals surface area (Å²) in [7, 11) is -3.88. The van der Waals surface area contributed by atoms with Crippen LogP contribution in [0.2, 0.25) is 5.02 Å². The van der Waals surface area contributed by atoms with Gasteiger partial charge in [-0.1, -0.05) is 41.9 Å². The predicted octanol–water partition coefficient (Wildman–Crippen LogP) is 1.68. The van der Waals surface area contributed by atoms with Gasteiger partial charge in [0.1, 0.15) is 6.04 Å². The Morgan fingerprint density at radius 2 is 1.73 bits per heavy atom. The van der Waals surface area contributed by atoms with Gasteiger partial charge in [-0.25, -0.2) is 8.42 Å². The van der Waals surface area contributed by atoms with Crippen LogP contribution in [0.25, 0.3) is 0 Å². The SMILES string of the molecule is O=C(NCCN1CCOCC1)[C@H](Cc1ccccc1)NS(=O)(=O)c1ccc(Cl)cc1. The number of halogens is 1. The number of carbonyl (C=O) groups is 1. The molecule has 30 heavy (non-hydrogen) atoms. The quantitative estimate of drug-likeness (QED) is 0.605. The maximum atomic E-state index is 12.9. The highest BCUT2D eigenvalue weighted by molar-refractivity contribution is 7.89. The highest BCUT2D eigenvalue weighted by Crippen LogP contribution is 2.15. The van der Waals surface area contributed by atoms with Crippen molar-refractivity contribution in [1.29, 1.82) is 0 Å². The smallest absolute Gasteiger partial charge is 0.241 e. The van der Waals surface area contributed by atoms with Crippen LogP contribution in [-0.4, -0.2) is 64.7 Å². The molecule has 3 rings (SSSR count). The topological polar surface area (TPSA) is 87.7 Å². The molecule has 0 radical (unpaired) electrons. The summed E-state index contributed by atoms with van der Waals surface area (Å²) in [6, 6.07) is 14.2. The molecule has 1 atom stereocenters. The van der Waals surface area contributed by atoms with Crippen molar-refractivity contribution in [2.45, 2.75) is 17.4 Å². The van der Waals surface area contributed by atoms with Crippen molar-refractivity contribution in [3.8, 4) is 0 Å². The Hall–Kier alpha value is -1.97. The minimum absolute atomic E-state index is 0.0612. The van der Waals surface area contributed by atoms with Crippen molar-refractivity contribution in [2.24, 2.45) is 0 Å². The average molecular weight is 452 g/mol. The molecule has 7 nitrogen and oxygen atoms in total. The van der Waals surface area contributed by atoms with Gasteiger partial charge in [-0.2, -0.15) is 4.72 Å². The molecule has 162 valence electrons. The molecule has 0 aliphatic carbocycles. The minimum atomic E-state index is -3.88. The van der Waals surface area contributed by atoms with Crippen molar-refractivity contribution >= 4 is 27.5 Å². The van der Waals surface area contributed by atoms with E-state index in [1.165, 1.54) is 24.3 Å². The maximum Gasteiger partial charge on any atom is 0.241 e. The number of ether oxygens (including phenoxy) is 1. The number of hydrogen-bond acceptors (Lipinski definition) is 5. The highest BCUT2D eigenvalue weighted by Gasteiger charge is 2.26. The fraction of sp³-hybridized carbons (Fsp3) is 0.381. The Balaban J connectivity index is 1.67. The third kappa shape index (κ3) is 6.78. The van der Waals surface area contributed by atoms with E-state index in [1.54, 1.807) is 0 Å². The Morgan fingerprint density at radius 3 is 2.40 bits per heavy atom. The zero-order chi connectivity index (χ0) is 21.4. The molecule has 1 saturated heterocycles. The lowest BCUT2D eigenvalue weighted by Crippen LogP contribution is -2.49. The van der Waals surface area contributed by atoms with Crippen molar-refractivity contribution in [1.82, 2.24) is 14.9 Å². The highest BCUT2D eigenvalue weighted by atomic mass is 35.5. The second kappa shape index (κ2) is 10.9. The third-order valence-corrected chi connectivity index (χ3v) is 6.59. The van der Waals surface area contributed by atoms with Crippen LogP contribution in [0, 0.1) is 0 Å². The zero-order valence-corrected chi connectivity index (χ0v) is 18.2. The largest absolute Gasteiger partial charge is 0.379 e. The van der Waals surface area contributed by atoms with E-state index in [4.69, 9.17) is 16.3 Å². The first-order valence-corrected chi connectivity index (χ1v) is 11.7. The summed E-state index contributed by atoms with van der Waals surface area (Å²) in [4.78, 5) is 15.1. The first kappa shape index (κ1) is 22.7. The van der Waals surface area contributed by atoms with Gasteiger partial charge in [0, 0.05) is 31.2 Å². The van der Waals surface area contributed by atoms with Gasteiger partial charge in [-0.15, -0.1) is 0 Å². The third-order valence-electron chi connectivity index (χ3n) is 4.85. The monoisotopic (exact) mass is 451 g/mol. The minimum Gasteiger partial charge on any atom is -0.379 e. The first-order valence-electron chi connectivity index (χ1n) is 9.84. The molecule has 0 aromatic heterocycles.